The lowest BCUT2D eigenvalue weighted by molar-refractivity contribution is -0.385. The fourth-order valence-corrected chi connectivity index (χ4v) is 2.95. The van der Waals surface area contributed by atoms with Gasteiger partial charge in [0, 0.05) is 32.1 Å². The molecule has 0 aromatic heterocycles. The zero-order valence-electron chi connectivity index (χ0n) is 17.2. The Labute approximate surface area is 181 Å². The fourth-order valence-electron chi connectivity index (χ4n) is 2.95. The number of ether oxygens (including phenoxy) is 2. The van der Waals surface area contributed by atoms with Crippen molar-refractivity contribution in [3.63, 3.8) is 0 Å². The molecule has 2 aromatic rings. The first-order valence-corrected chi connectivity index (χ1v) is 9.45. The average Bonchev–Trinajstić information content (AvgIpc) is 2.72. The Bertz CT molecular complexity index is 1110. The molecule has 0 aliphatic heterocycles. The molecule has 0 heterocycles. The summed E-state index contributed by atoms with van der Waals surface area (Å²) in [5.41, 5.74) is 0.289. The van der Waals surface area contributed by atoms with Gasteiger partial charge in [0.15, 0.2) is 11.6 Å². The second-order valence-electron chi connectivity index (χ2n) is 7.15. The topological polar surface area (TPSA) is 81.9 Å². The van der Waals surface area contributed by atoms with Gasteiger partial charge in [-0.25, -0.2) is 13.2 Å². The van der Waals surface area contributed by atoms with Crippen molar-refractivity contribution >= 4 is 11.6 Å². The lowest BCUT2D eigenvalue weighted by atomic mass is 10.1. The summed E-state index contributed by atoms with van der Waals surface area (Å²) in [7, 11) is 3.17. The highest BCUT2D eigenvalue weighted by Gasteiger charge is 2.25. The van der Waals surface area contributed by atoms with Crippen molar-refractivity contribution in [1.82, 2.24) is 4.90 Å². The Morgan fingerprint density at radius 1 is 1.22 bits per heavy atom. The monoisotopic (exact) mass is 448 g/mol. The molecule has 0 bridgehead atoms. The van der Waals surface area contributed by atoms with E-state index in [-0.39, 0.29) is 29.7 Å². The Balaban J connectivity index is 1.84. The van der Waals surface area contributed by atoms with Crippen LogP contribution in [0.25, 0.3) is 0 Å². The Morgan fingerprint density at radius 2 is 1.97 bits per heavy atom. The Morgan fingerprint density at radius 3 is 2.62 bits per heavy atom. The number of benzene rings is 2. The van der Waals surface area contributed by atoms with Crippen LogP contribution in [0.1, 0.15) is 22.3 Å². The van der Waals surface area contributed by atoms with Crippen LogP contribution in [0.4, 0.5) is 18.9 Å². The van der Waals surface area contributed by atoms with E-state index in [2.05, 4.69) is 0 Å². The van der Waals surface area contributed by atoms with Crippen molar-refractivity contribution < 1.29 is 32.4 Å². The number of halogens is 3. The van der Waals surface area contributed by atoms with Gasteiger partial charge in [-0.05, 0) is 42.0 Å². The van der Waals surface area contributed by atoms with Gasteiger partial charge < -0.3 is 14.4 Å². The van der Waals surface area contributed by atoms with Crippen molar-refractivity contribution in [3.8, 4) is 11.5 Å². The summed E-state index contributed by atoms with van der Waals surface area (Å²) in [6, 6.07) is 9.90. The van der Waals surface area contributed by atoms with E-state index in [4.69, 9.17) is 9.47 Å². The average molecular weight is 448 g/mol. The first kappa shape index (κ1) is 22.9. The first-order chi connectivity index (χ1) is 15.2. The number of carbonyl (C=O) groups is 1. The van der Waals surface area contributed by atoms with Crippen LogP contribution in [-0.4, -0.2) is 36.0 Å². The van der Waals surface area contributed by atoms with Crippen LogP contribution >= 0.6 is 0 Å². The lowest BCUT2D eigenvalue weighted by Gasteiger charge is -2.16. The molecule has 0 N–H and O–H groups in total. The number of allylic oxidation sites excluding steroid dienone is 3. The van der Waals surface area contributed by atoms with Gasteiger partial charge in [-0.1, -0.05) is 6.07 Å². The van der Waals surface area contributed by atoms with E-state index in [9.17, 15) is 28.1 Å². The summed E-state index contributed by atoms with van der Waals surface area (Å²) < 4.78 is 51.6. The molecule has 2 aromatic carbocycles. The molecule has 1 amide bonds. The summed E-state index contributed by atoms with van der Waals surface area (Å²) in [5.74, 6) is -3.15. The van der Waals surface area contributed by atoms with Gasteiger partial charge >= 0.3 is 5.69 Å². The SMILES string of the molecule is CN(C)C(=O)c1cccc(Oc2cc(COC3=C(F)CC(F)C=C3F)ccc2[N+](=O)[O-])c1. The van der Waals surface area contributed by atoms with E-state index < -0.39 is 34.9 Å². The predicted molar refractivity (Wildman–Crippen MR) is 109 cm³/mol. The Hall–Kier alpha value is -3.82. The Kier molecular flexibility index (Phi) is 6.82. The maximum atomic E-state index is 13.8. The smallest absolute Gasteiger partial charge is 0.311 e. The summed E-state index contributed by atoms with van der Waals surface area (Å²) in [4.78, 5) is 24.3. The van der Waals surface area contributed by atoms with E-state index in [0.717, 1.165) is 6.07 Å². The number of amides is 1. The third kappa shape index (κ3) is 5.26. The van der Waals surface area contributed by atoms with Crippen molar-refractivity contribution in [3.05, 3.63) is 87.2 Å². The number of rotatable bonds is 7. The van der Waals surface area contributed by atoms with Gasteiger partial charge in [-0.15, -0.1) is 0 Å². The molecule has 1 aliphatic rings. The van der Waals surface area contributed by atoms with Gasteiger partial charge in [-0.3, -0.25) is 14.9 Å². The molecule has 32 heavy (non-hydrogen) atoms. The zero-order valence-corrected chi connectivity index (χ0v) is 17.2. The number of hydrogen-bond acceptors (Lipinski definition) is 5. The van der Waals surface area contributed by atoms with Crippen LogP contribution in [0.5, 0.6) is 11.5 Å². The molecule has 1 unspecified atom stereocenters. The van der Waals surface area contributed by atoms with Crippen molar-refractivity contribution in [2.75, 3.05) is 14.1 Å². The number of alkyl halides is 1. The fraction of sp³-hybridized carbons (Fsp3) is 0.227. The molecule has 0 saturated carbocycles. The minimum absolute atomic E-state index is 0.150. The van der Waals surface area contributed by atoms with E-state index in [1.165, 1.54) is 29.2 Å². The molecule has 0 fully saturated rings. The first-order valence-electron chi connectivity index (χ1n) is 9.45. The highest BCUT2D eigenvalue weighted by molar-refractivity contribution is 5.94. The van der Waals surface area contributed by atoms with Crippen LogP contribution in [-0.2, 0) is 11.3 Å². The summed E-state index contributed by atoms with van der Waals surface area (Å²) in [6.07, 6.45) is -1.78. The van der Waals surface area contributed by atoms with Crippen molar-refractivity contribution in [2.45, 2.75) is 19.2 Å². The van der Waals surface area contributed by atoms with Gasteiger partial charge in [-0.2, -0.15) is 0 Å². The second-order valence-corrected chi connectivity index (χ2v) is 7.15. The molecule has 1 atom stereocenters. The van der Waals surface area contributed by atoms with Crippen LogP contribution in [0.3, 0.4) is 0 Å². The number of hydrogen-bond donors (Lipinski definition) is 0. The molecule has 168 valence electrons. The van der Waals surface area contributed by atoms with Crippen LogP contribution in [0.15, 0.2) is 66.0 Å². The highest BCUT2D eigenvalue weighted by atomic mass is 19.2. The third-order valence-electron chi connectivity index (χ3n) is 4.48. The number of nitro benzene ring substituents is 1. The minimum atomic E-state index is -1.77. The summed E-state index contributed by atoms with van der Waals surface area (Å²) in [6.45, 7) is -0.339. The number of carbonyl (C=O) groups excluding carboxylic acids is 1. The maximum absolute atomic E-state index is 13.8. The molecule has 0 saturated heterocycles. The molecular weight excluding hydrogens is 429 g/mol. The van der Waals surface area contributed by atoms with Gasteiger partial charge in [0.25, 0.3) is 5.91 Å². The molecule has 0 radical (unpaired) electrons. The largest absolute Gasteiger partial charge is 0.483 e. The van der Waals surface area contributed by atoms with E-state index in [0.29, 0.717) is 17.2 Å². The molecule has 3 rings (SSSR count). The zero-order chi connectivity index (χ0) is 23.4. The maximum Gasteiger partial charge on any atom is 0.311 e. The lowest BCUT2D eigenvalue weighted by Crippen LogP contribution is -2.21. The molecule has 10 heteroatoms. The number of nitrogens with zero attached hydrogens (tertiary/aromatic N) is 2. The van der Waals surface area contributed by atoms with Crippen LogP contribution < -0.4 is 4.74 Å². The minimum Gasteiger partial charge on any atom is -0.483 e. The van der Waals surface area contributed by atoms with Crippen molar-refractivity contribution in [1.29, 1.82) is 0 Å². The van der Waals surface area contributed by atoms with E-state index in [1.54, 1.807) is 26.2 Å². The third-order valence-corrected chi connectivity index (χ3v) is 4.48. The standard InChI is InChI=1S/C22H19F3N2O5/c1-26(2)22(28)14-4-3-5-16(9-14)32-20-8-13(6-7-19(20)27(29)30)12-31-21-17(24)10-15(23)11-18(21)25/h3-10,15H,11-12H2,1-2H3. The van der Waals surface area contributed by atoms with Crippen LogP contribution in [0, 0.1) is 10.1 Å². The molecule has 7 nitrogen and oxygen atoms in total. The highest BCUT2D eigenvalue weighted by Crippen LogP contribution is 2.34. The van der Waals surface area contributed by atoms with E-state index in [1.807, 2.05) is 0 Å². The normalized spacial score (nSPS) is 15.8. The van der Waals surface area contributed by atoms with Gasteiger partial charge in [0.05, 0.1) is 4.92 Å². The van der Waals surface area contributed by atoms with Gasteiger partial charge in [0.1, 0.15) is 24.4 Å². The summed E-state index contributed by atoms with van der Waals surface area (Å²) >= 11 is 0. The second kappa shape index (κ2) is 9.54. The van der Waals surface area contributed by atoms with Gasteiger partial charge in [0.2, 0.25) is 5.75 Å². The quantitative estimate of drug-likeness (QED) is 0.420. The van der Waals surface area contributed by atoms with E-state index >= 15 is 0 Å². The van der Waals surface area contributed by atoms with Crippen LogP contribution in [0.2, 0.25) is 0 Å². The van der Waals surface area contributed by atoms with Crippen molar-refractivity contribution in [2.24, 2.45) is 0 Å². The number of nitro groups is 1. The molecule has 0 spiro atoms. The molecular formula is C22H19F3N2O5. The molecule has 1 aliphatic carbocycles. The summed E-state index contributed by atoms with van der Waals surface area (Å²) in [5, 5.41) is 11.4. The predicted octanol–water partition coefficient (Wildman–Crippen LogP) is 5.38.